The van der Waals surface area contributed by atoms with E-state index in [4.69, 9.17) is 9.84 Å². The number of anilines is 1. The van der Waals surface area contributed by atoms with Crippen LogP contribution in [0.2, 0.25) is 0 Å². The molecular formula is C16H19N3O3. The van der Waals surface area contributed by atoms with E-state index >= 15 is 0 Å². The predicted octanol–water partition coefficient (Wildman–Crippen LogP) is 2.92. The summed E-state index contributed by atoms with van der Waals surface area (Å²) in [6, 6.07) is 7.66. The molecule has 1 heterocycles. The van der Waals surface area contributed by atoms with Crippen molar-refractivity contribution < 1.29 is 14.6 Å². The number of ether oxygens (including phenoxy) is 1. The van der Waals surface area contributed by atoms with Crippen LogP contribution in [0, 0.1) is 0 Å². The summed E-state index contributed by atoms with van der Waals surface area (Å²) < 4.78 is 5.18. The maximum Gasteiger partial charge on any atom is 0.339 e. The molecule has 0 atom stereocenters. The van der Waals surface area contributed by atoms with Gasteiger partial charge in [0, 0.05) is 12.7 Å². The Kier molecular flexibility index (Phi) is 4.93. The van der Waals surface area contributed by atoms with Crippen LogP contribution in [0.25, 0.3) is 0 Å². The van der Waals surface area contributed by atoms with E-state index in [2.05, 4.69) is 15.3 Å². The van der Waals surface area contributed by atoms with Crippen molar-refractivity contribution in [2.75, 3.05) is 12.4 Å². The lowest BCUT2D eigenvalue weighted by Gasteiger charge is -2.11. The number of carbonyl (C=O) groups is 1. The molecule has 0 saturated heterocycles. The Morgan fingerprint density at radius 1 is 1.41 bits per heavy atom. The van der Waals surface area contributed by atoms with Gasteiger partial charge in [-0.25, -0.2) is 14.8 Å². The molecule has 0 aliphatic carbocycles. The van der Waals surface area contributed by atoms with Gasteiger partial charge in [-0.15, -0.1) is 0 Å². The smallest absolute Gasteiger partial charge is 0.339 e. The van der Waals surface area contributed by atoms with Crippen LogP contribution < -0.4 is 10.1 Å². The number of benzene rings is 1. The number of carboxylic acids is 1. The van der Waals surface area contributed by atoms with Crippen molar-refractivity contribution in [1.29, 1.82) is 0 Å². The highest BCUT2D eigenvalue weighted by Gasteiger charge is 2.16. The molecule has 1 aromatic carbocycles. The molecule has 116 valence electrons. The molecule has 0 saturated carbocycles. The summed E-state index contributed by atoms with van der Waals surface area (Å²) in [5, 5.41) is 12.3. The molecule has 0 amide bonds. The Labute approximate surface area is 129 Å². The van der Waals surface area contributed by atoms with Gasteiger partial charge in [-0.2, -0.15) is 0 Å². The average molecular weight is 301 g/mol. The molecule has 2 N–H and O–H groups in total. The Morgan fingerprint density at radius 3 is 2.82 bits per heavy atom. The predicted molar refractivity (Wildman–Crippen MR) is 83.4 cm³/mol. The van der Waals surface area contributed by atoms with Crippen molar-refractivity contribution in [2.45, 2.75) is 26.3 Å². The number of aromatic carboxylic acids is 1. The summed E-state index contributed by atoms with van der Waals surface area (Å²) in [5.74, 6) is 0.190. The molecular weight excluding hydrogens is 282 g/mol. The third kappa shape index (κ3) is 3.72. The monoisotopic (exact) mass is 301 g/mol. The fourth-order valence-electron chi connectivity index (χ4n) is 2.05. The van der Waals surface area contributed by atoms with Crippen LogP contribution in [0.5, 0.6) is 5.75 Å². The molecule has 6 heteroatoms. The second kappa shape index (κ2) is 6.89. The van der Waals surface area contributed by atoms with Gasteiger partial charge in [-0.1, -0.05) is 26.0 Å². The second-order valence-corrected chi connectivity index (χ2v) is 5.16. The van der Waals surface area contributed by atoms with E-state index in [0.717, 1.165) is 11.3 Å². The molecule has 6 nitrogen and oxygen atoms in total. The van der Waals surface area contributed by atoms with E-state index in [0.29, 0.717) is 18.2 Å². The van der Waals surface area contributed by atoms with E-state index in [1.54, 1.807) is 7.11 Å². The molecule has 0 aliphatic heterocycles. The van der Waals surface area contributed by atoms with Crippen molar-refractivity contribution in [1.82, 2.24) is 9.97 Å². The highest BCUT2D eigenvalue weighted by Crippen LogP contribution is 2.19. The SMILES string of the molecule is COc1cccc(CNc2ncc(C(=O)O)c(C(C)C)n2)c1. The molecule has 22 heavy (non-hydrogen) atoms. The van der Waals surface area contributed by atoms with Crippen LogP contribution in [0.4, 0.5) is 5.95 Å². The van der Waals surface area contributed by atoms with Crippen molar-refractivity contribution >= 4 is 11.9 Å². The van der Waals surface area contributed by atoms with Crippen LogP contribution in [-0.4, -0.2) is 28.2 Å². The van der Waals surface area contributed by atoms with Crippen molar-refractivity contribution in [3.8, 4) is 5.75 Å². The summed E-state index contributed by atoms with van der Waals surface area (Å²) in [6.45, 7) is 4.34. The second-order valence-electron chi connectivity index (χ2n) is 5.16. The third-order valence-electron chi connectivity index (χ3n) is 3.18. The third-order valence-corrected chi connectivity index (χ3v) is 3.18. The van der Waals surface area contributed by atoms with Crippen LogP contribution in [0.3, 0.4) is 0 Å². The van der Waals surface area contributed by atoms with Gasteiger partial charge in [0.2, 0.25) is 5.95 Å². The number of rotatable bonds is 6. The van der Waals surface area contributed by atoms with Gasteiger partial charge in [0.05, 0.1) is 18.4 Å². The summed E-state index contributed by atoms with van der Waals surface area (Å²) in [6.07, 6.45) is 1.35. The fraction of sp³-hybridized carbons (Fsp3) is 0.312. The number of methoxy groups -OCH3 is 1. The van der Waals surface area contributed by atoms with E-state index in [9.17, 15) is 4.79 Å². The number of nitrogens with one attached hydrogen (secondary N) is 1. The Balaban J connectivity index is 2.16. The molecule has 0 unspecified atom stereocenters. The largest absolute Gasteiger partial charge is 0.497 e. The van der Waals surface area contributed by atoms with Crippen molar-refractivity contribution in [3.05, 3.63) is 47.3 Å². The minimum Gasteiger partial charge on any atom is -0.497 e. The minimum absolute atomic E-state index is 0.00599. The maximum atomic E-state index is 11.2. The van der Waals surface area contributed by atoms with Gasteiger partial charge in [-0.05, 0) is 23.6 Å². The highest BCUT2D eigenvalue weighted by atomic mass is 16.5. The van der Waals surface area contributed by atoms with Crippen molar-refractivity contribution in [3.63, 3.8) is 0 Å². The first-order valence-electron chi connectivity index (χ1n) is 6.98. The molecule has 0 fully saturated rings. The molecule has 0 spiro atoms. The zero-order valence-corrected chi connectivity index (χ0v) is 12.8. The summed E-state index contributed by atoms with van der Waals surface area (Å²) in [7, 11) is 1.62. The zero-order valence-electron chi connectivity index (χ0n) is 12.8. The lowest BCUT2D eigenvalue weighted by atomic mass is 10.1. The van der Waals surface area contributed by atoms with Gasteiger partial charge in [0.25, 0.3) is 0 Å². The number of nitrogens with zero attached hydrogens (tertiary/aromatic N) is 2. The standard InChI is InChI=1S/C16H19N3O3/c1-10(2)14-13(15(20)21)9-18-16(19-14)17-8-11-5-4-6-12(7-11)22-3/h4-7,9-10H,8H2,1-3H3,(H,20,21)(H,17,18,19). The fourth-order valence-corrected chi connectivity index (χ4v) is 2.05. The first kappa shape index (κ1) is 15.8. The Hall–Kier alpha value is -2.63. The van der Waals surface area contributed by atoms with Crippen LogP contribution in [-0.2, 0) is 6.54 Å². The first-order valence-corrected chi connectivity index (χ1v) is 6.98. The highest BCUT2D eigenvalue weighted by molar-refractivity contribution is 5.88. The lowest BCUT2D eigenvalue weighted by molar-refractivity contribution is 0.0694. The summed E-state index contributed by atoms with van der Waals surface area (Å²) >= 11 is 0. The molecule has 0 radical (unpaired) electrons. The van der Waals surface area contributed by atoms with Gasteiger partial charge in [-0.3, -0.25) is 0 Å². The molecule has 0 aliphatic rings. The van der Waals surface area contributed by atoms with Gasteiger partial charge >= 0.3 is 5.97 Å². The van der Waals surface area contributed by atoms with E-state index in [-0.39, 0.29) is 11.5 Å². The van der Waals surface area contributed by atoms with Crippen molar-refractivity contribution in [2.24, 2.45) is 0 Å². The summed E-state index contributed by atoms with van der Waals surface area (Å²) in [4.78, 5) is 19.6. The van der Waals surface area contributed by atoms with Crippen LogP contribution in [0.15, 0.2) is 30.5 Å². The van der Waals surface area contributed by atoms with E-state index in [1.807, 2.05) is 38.1 Å². The normalized spacial score (nSPS) is 10.5. The Bertz CT molecular complexity index is 671. The Morgan fingerprint density at radius 2 is 2.18 bits per heavy atom. The quantitative estimate of drug-likeness (QED) is 0.853. The molecule has 0 bridgehead atoms. The van der Waals surface area contributed by atoms with Gasteiger partial charge in [0.1, 0.15) is 5.75 Å². The molecule has 1 aromatic heterocycles. The van der Waals surface area contributed by atoms with Gasteiger partial charge < -0.3 is 15.2 Å². The minimum atomic E-state index is -1.01. The van der Waals surface area contributed by atoms with Crippen LogP contribution >= 0.6 is 0 Å². The van der Waals surface area contributed by atoms with E-state index in [1.165, 1.54) is 6.20 Å². The number of aromatic nitrogens is 2. The lowest BCUT2D eigenvalue weighted by Crippen LogP contribution is -2.11. The summed E-state index contributed by atoms with van der Waals surface area (Å²) in [5.41, 5.74) is 1.69. The van der Waals surface area contributed by atoms with E-state index < -0.39 is 5.97 Å². The number of hydrogen-bond acceptors (Lipinski definition) is 5. The van der Waals surface area contributed by atoms with Crippen LogP contribution in [0.1, 0.15) is 41.4 Å². The zero-order chi connectivity index (χ0) is 16.1. The number of hydrogen-bond donors (Lipinski definition) is 2. The average Bonchev–Trinajstić information content (AvgIpc) is 2.52. The molecule has 2 rings (SSSR count). The number of carboxylic acid groups (broad SMARTS) is 1. The first-order chi connectivity index (χ1) is 10.5. The topological polar surface area (TPSA) is 84.3 Å². The van der Waals surface area contributed by atoms with Gasteiger partial charge in [0.15, 0.2) is 0 Å². The maximum absolute atomic E-state index is 11.2. The molecule has 2 aromatic rings.